The number of Topliss-reactive ketones (excluding diaryl/α,β-unsaturated/α-hetero) is 1. The second-order valence-electron chi connectivity index (χ2n) is 7.63. The molecule has 2 rings (SSSR count). The number of amides is 1. The summed E-state index contributed by atoms with van der Waals surface area (Å²) in [5.41, 5.74) is -0.616. The lowest BCUT2D eigenvalue weighted by atomic mass is 9.85. The number of halogens is 2. The van der Waals surface area contributed by atoms with E-state index in [9.17, 15) is 23.5 Å². The van der Waals surface area contributed by atoms with Gasteiger partial charge >= 0.3 is 6.09 Å². The van der Waals surface area contributed by atoms with Crippen molar-refractivity contribution in [3.63, 3.8) is 0 Å². The lowest BCUT2D eigenvalue weighted by molar-refractivity contribution is -0.128. The lowest BCUT2D eigenvalue weighted by Gasteiger charge is -2.24. The molecular formula is C16H25F2NO4. The number of ketones is 1. The Bertz CT molecular complexity index is 475. The number of likely N-dealkylation sites (tertiary alicyclic amines) is 1. The fourth-order valence-corrected chi connectivity index (χ4v) is 3.41. The molecule has 132 valence electrons. The van der Waals surface area contributed by atoms with E-state index in [1.807, 2.05) is 0 Å². The SMILES string of the molecule is CC(C)(C)OC(=O)N1CC[C@@H](C(=O)C2CC(F)(F)C[C@H]2CO)C1. The van der Waals surface area contributed by atoms with E-state index in [0.717, 1.165) is 0 Å². The molecule has 1 saturated carbocycles. The van der Waals surface area contributed by atoms with Crippen LogP contribution in [0.2, 0.25) is 0 Å². The zero-order valence-corrected chi connectivity index (χ0v) is 13.8. The van der Waals surface area contributed by atoms with Crippen LogP contribution in [0.15, 0.2) is 0 Å². The number of hydrogen-bond acceptors (Lipinski definition) is 4. The zero-order valence-electron chi connectivity index (χ0n) is 13.8. The van der Waals surface area contributed by atoms with Gasteiger partial charge in [0.15, 0.2) is 0 Å². The first-order valence-electron chi connectivity index (χ1n) is 8.03. The van der Waals surface area contributed by atoms with Crippen molar-refractivity contribution in [2.75, 3.05) is 19.7 Å². The van der Waals surface area contributed by atoms with Crippen LogP contribution in [-0.4, -0.2) is 53.1 Å². The molecule has 3 atom stereocenters. The Morgan fingerprint density at radius 3 is 2.52 bits per heavy atom. The average molecular weight is 333 g/mol. The van der Waals surface area contributed by atoms with E-state index in [4.69, 9.17) is 4.74 Å². The summed E-state index contributed by atoms with van der Waals surface area (Å²) in [6, 6.07) is 0. The largest absolute Gasteiger partial charge is 0.444 e. The highest BCUT2D eigenvalue weighted by Crippen LogP contribution is 2.44. The highest BCUT2D eigenvalue weighted by molar-refractivity contribution is 5.85. The van der Waals surface area contributed by atoms with Gasteiger partial charge in [-0.25, -0.2) is 13.6 Å². The van der Waals surface area contributed by atoms with Gasteiger partial charge in [0.1, 0.15) is 11.4 Å². The number of carbonyl (C=O) groups is 2. The van der Waals surface area contributed by atoms with E-state index < -0.39 is 54.8 Å². The summed E-state index contributed by atoms with van der Waals surface area (Å²) >= 11 is 0. The third-order valence-corrected chi connectivity index (χ3v) is 4.49. The number of ether oxygens (including phenoxy) is 1. The van der Waals surface area contributed by atoms with Crippen LogP contribution < -0.4 is 0 Å². The number of aliphatic hydroxyl groups is 1. The number of alkyl halides is 2. The van der Waals surface area contributed by atoms with Crippen molar-refractivity contribution in [2.45, 2.75) is 51.6 Å². The predicted molar refractivity (Wildman–Crippen MR) is 79.2 cm³/mol. The molecule has 2 aliphatic rings. The molecule has 7 heteroatoms. The molecule has 1 amide bonds. The highest BCUT2D eigenvalue weighted by atomic mass is 19.3. The van der Waals surface area contributed by atoms with E-state index in [-0.39, 0.29) is 12.3 Å². The lowest BCUT2D eigenvalue weighted by Crippen LogP contribution is -2.36. The smallest absolute Gasteiger partial charge is 0.410 e. The van der Waals surface area contributed by atoms with Crippen LogP contribution in [0.25, 0.3) is 0 Å². The summed E-state index contributed by atoms with van der Waals surface area (Å²) in [7, 11) is 0. The second-order valence-corrected chi connectivity index (χ2v) is 7.63. The summed E-state index contributed by atoms with van der Waals surface area (Å²) in [6.45, 7) is 5.46. The van der Waals surface area contributed by atoms with Gasteiger partial charge in [0, 0.05) is 44.4 Å². The summed E-state index contributed by atoms with van der Waals surface area (Å²) in [5, 5.41) is 9.26. The van der Waals surface area contributed by atoms with Crippen molar-refractivity contribution >= 4 is 11.9 Å². The molecule has 2 fully saturated rings. The maximum absolute atomic E-state index is 13.5. The number of hydrogen-bond donors (Lipinski definition) is 1. The van der Waals surface area contributed by atoms with Gasteiger partial charge in [0.2, 0.25) is 5.92 Å². The summed E-state index contributed by atoms with van der Waals surface area (Å²) in [5.74, 6) is -5.11. The topological polar surface area (TPSA) is 66.8 Å². The Kier molecular flexibility index (Phi) is 4.99. The molecule has 1 N–H and O–H groups in total. The third kappa shape index (κ3) is 4.40. The van der Waals surface area contributed by atoms with Crippen LogP contribution in [0.4, 0.5) is 13.6 Å². The van der Waals surface area contributed by atoms with Crippen molar-refractivity contribution in [3.8, 4) is 0 Å². The van der Waals surface area contributed by atoms with Crippen molar-refractivity contribution in [1.29, 1.82) is 0 Å². The van der Waals surface area contributed by atoms with Crippen LogP contribution in [0, 0.1) is 17.8 Å². The van der Waals surface area contributed by atoms with Crippen LogP contribution in [0.1, 0.15) is 40.0 Å². The molecule has 5 nitrogen and oxygen atoms in total. The Morgan fingerprint density at radius 1 is 1.30 bits per heavy atom. The molecule has 23 heavy (non-hydrogen) atoms. The fraction of sp³-hybridized carbons (Fsp3) is 0.875. The molecule has 1 heterocycles. The molecule has 0 spiro atoms. The van der Waals surface area contributed by atoms with Crippen LogP contribution in [-0.2, 0) is 9.53 Å². The van der Waals surface area contributed by atoms with Gasteiger partial charge in [-0.05, 0) is 33.1 Å². The first-order chi connectivity index (χ1) is 10.5. The molecule has 0 aromatic rings. The van der Waals surface area contributed by atoms with E-state index >= 15 is 0 Å². The summed E-state index contributed by atoms with van der Waals surface area (Å²) < 4.78 is 32.3. The quantitative estimate of drug-likeness (QED) is 0.861. The van der Waals surface area contributed by atoms with Gasteiger partial charge in [-0.3, -0.25) is 4.79 Å². The van der Waals surface area contributed by atoms with Gasteiger partial charge in [0.25, 0.3) is 0 Å². The fourth-order valence-electron chi connectivity index (χ4n) is 3.41. The molecule has 1 aliphatic carbocycles. The molecule has 0 aromatic heterocycles. The van der Waals surface area contributed by atoms with Gasteiger partial charge in [-0.2, -0.15) is 0 Å². The van der Waals surface area contributed by atoms with Gasteiger partial charge in [-0.1, -0.05) is 0 Å². The first kappa shape index (κ1) is 18.1. The third-order valence-electron chi connectivity index (χ3n) is 4.49. The summed E-state index contributed by atoms with van der Waals surface area (Å²) in [6.07, 6.45) is -0.969. The molecule has 0 aromatic carbocycles. The standard InChI is InChI=1S/C16H25F2NO4/c1-15(2,3)23-14(22)19-5-4-10(8-19)13(21)12-7-16(17,18)6-11(12)9-20/h10-12,20H,4-9H2,1-3H3/t10-,11+,12?/m1/s1. The average Bonchev–Trinajstić information content (AvgIpc) is 3.00. The first-order valence-corrected chi connectivity index (χ1v) is 8.03. The molecule has 0 radical (unpaired) electrons. The van der Waals surface area contributed by atoms with Gasteiger partial charge in [-0.15, -0.1) is 0 Å². The van der Waals surface area contributed by atoms with E-state index in [1.54, 1.807) is 20.8 Å². The Labute approximate surface area is 135 Å². The zero-order chi connectivity index (χ0) is 17.4. The number of nitrogens with zero attached hydrogens (tertiary/aromatic N) is 1. The molecule has 1 unspecified atom stereocenters. The van der Waals surface area contributed by atoms with Crippen LogP contribution >= 0.6 is 0 Å². The summed E-state index contributed by atoms with van der Waals surface area (Å²) in [4.78, 5) is 26.0. The predicted octanol–water partition coefficient (Wildman–Crippen LogP) is 2.47. The van der Waals surface area contributed by atoms with E-state index in [0.29, 0.717) is 13.0 Å². The van der Waals surface area contributed by atoms with Crippen molar-refractivity contribution in [2.24, 2.45) is 17.8 Å². The Morgan fingerprint density at radius 2 is 1.96 bits per heavy atom. The minimum absolute atomic E-state index is 0.202. The maximum atomic E-state index is 13.5. The van der Waals surface area contributed by atoms with Crippen LogP contribution in [0.5, 0.6) is 0 Å². The van der Waals surface area contributed by atoms with Crippen molar-refractivity contribution in [3.05, 3.63) is 0 Å². The Balaban J connectivity index is 1.96. The van der Waals surface area contributed by atoms with Crippen LogP contribution in [0.3, 0.4) is 0 Å². The molecular weight excluding hydrogens is 308 g/mol. The number of rotatable bonds is 3. The maximum Gasteiger partial charge on any atom is 0.410 e. The highest BCUT2D eigenvalue weighted by Gasteiger charge is 2.50. The van der Waals surface area contributed by atoms with Crippen molar-refractivity contribution < 1.29 is 28.2 Å². The van der Waals surface area contributed by atoms with E-state index in [2.05, 4.69) is 0 Å². The van der Waals surface area contributed by atoms with Gasteiger partial charge < -0.3 is 14.7 Å². The number of aliphatic hydroxyl groups excluding tert-OH is 1. The Hall–Kier alpha value is -1.24. The minimum atomic E-state index is -2.89. The van der Waals surface area contributed by atoms with E-state index in [1.165, 1.54) is 4.90 Å². The minimum Gasteiger partial charge on any atom is -0.444 e. The second kappa shape index (κ2) is 6.34. The normalized spacial score (nSPS) is 30.5. The molecule has 1 aliphatic heterocycles. The molecule has 0 bridgehead atoms. The van der Waals surface area contributed by atoms with Crippen molar-refractivity contribution in [1.82, 2.24) is 4.90 Å². The monoisotopic (exact) mass is 333 g/mol. The number of carbonyl (C=O) groups excluding carboxylic acids is 2. The molecule has 1 saturated heterocycles. The van der Waals surface area contributed by atoms with Gasteiger partial charge in [0.05, 0.1) is 0 Å².